The summed E-state index contributed by atoms with van der Waals surface area (Å²) >= 11 is 0. The van der Waals surface area contributed by atoms with Gasteiger partial charge in [-0.3, -0.25) is 0 Å². The molecule has 0 saturated heterocycles. The van der Waals surface area contributed by atoms with Crippen molar-refractivity contribution in [3.63, 3.8) is 0 Å². The van der Waals surface area contributed by atoms with E-state index in [4.69, 9.17) is 10.8 Å². The lowest BCUT2D eigenvalue weighted by atomic mass is 10.1. The number of nitrogens with two attached hydrogens (primary N) is 1. The van der Waals surface area contributed by atoms with E-state index >= 15 is 0 Å². The highest BCUT2D eigenvalue weighted by atomic mass is 19.3. The molecule has 0 saturated carbocycles. The first kappa shape index (κ1) is 9.15. The van der Waals surface area contributed by atoms with Gasteiger partial charge in [-0.05, 0) is 11.6 Å². The molecule has 0 spiro atoms. The molecule has 68 valence electrons. The van der Waals surface area contributed by atoms with Crippen LogP contribution in [0.3, 0.4) is 0 Å². The lowest BCUT2D eigenvalue weighted by Gasteiger charge is -2.20. The zero-order chi connectivity index (χ0) is 9.19. The molecule has 0 aliphatic heterocycles. The number of hydrogen-bond donors (Lipinski definition) is 3. The summed E-state index contributed by atoms with van der Waals surface area (Å²) in [4.78, 5) is 2.61. The maximum atomic E-state index is 12.7. The first-order chi connectivity index (χ1) is 5.58. The van der Waals surface area contributed by atoms with E-state index in [0.29, 0.717) is 0 Å². The van der Waals surface area contributed by atoms with Gasteiger partial charge in [-0.1, -0.05) is 0 Å². The fourth-order valence-corrected chi connectivity index (χ4v) is 0.872. The van der Waals surface area contributed by atoms with E-state index in [2.05, 4.69) is 4.98 Å². The third-order valence-corrected chi connectivity index (χ3v) is 1.65. The van der Waals surface area contributed by atoms with Gasteiger partial charge in [0, 0.05) is 12.4 Å². The van der Waals surface area contributed by atoms with Crippen molar-refractivity contribution in [2.45, 2.75) is 12.0 Å². The summed E-state index contributed by atoms with van der Waals surface area (Å²) in [5.74, 6) is -3.26. The molecular formula is C7H10F2N2O. The molecule has 0 fully saturated rings. The zero-order valence-corrected chi connectivity index (χ0v) is 6.30. The third kappa shape index (κ3) is 1.62. The Labute approximate surface area is 68.2 Å². The van der Waals surface area contributed by atoms with Crippen LogP contribution in [-0.2, 0) is 0 Å². The van der Waals surface area contributed by atoms with E-state index in [1.54, 1.807) is 0 Å². The highest BCUT2D eigenvalue weighted by Crippen LogP contribution is 2.27. The molecule has 0 aromatic carbocycles. The first-order valence-electron chi connectivity index (χ1n) is 3.45. The summed E-state index contributed by atoms with van der Waals surface area (Å²) in [6.45, 7) is -1.24. The largest absolute Gasteiger partial charge is 0.390 e. The Kier molecular flexibility index (Phi) is 2.44. The van der Waals surface area contributed by atoms with E-state index < -0.39 is 18.6 Å². The fourth-order valence-electron chi connectivity index (χ4n) is 0.872. The van der Waals surface area contributed by atoms with Gasteiger partial charge in [-0.25, -0.2) is 8.78 Å². The number of nitrogens with one attached hydrogen (secondary N) is 1. The SMILES string of the molecule is NC(c1cc[nH]c1)C(F)(F)CO. The molecule has 5 heteroatoms. The van der Waals surface area contributed by atoms with Gasteiger partial charge in [0.05, 0.1) is 6.04 Å². The smallest absolute Gasteiger partial charge is 0.289 e. The van der Waals surface area contributed by atoms with Gasteiger partial charge in [0.15, 0.2) is 0 Å². The lowest BCUT2D eigenvalue weighted by Crippen LogP contribution is -2.35. The van der Waals surface area contributed by atoms with Crippen LogP contribution in [0, 0.1) is 0 Å². The molecule has 0 aliphatic carbocycles. The van der Waals surface area contributed by atoms with Crippen LogP contribution >= 0.6 is 0 Å². The van der Waals surface area contributed by atoms with Crippen LogP contribution in [-0.4, -0.2) is 22.6 Å². The number of rotatable bonds is 3. The van der Waals surface area contributed by atoms with Crippen LogP contribution in [0.15, 0.2) is 18.5 Å². The van der Waals surface area contributed by atoms with Crippen molar-refractivity contribution in [1.82, 2.24) is 4.98 Å². The Bertz CT molecular complexity index is 236. The Morgan fingerprint density at radius 1 is 1.67 bits per heavy atom. The number of H-pyrrole nitrogens is 1. The molecule has 4 N–H and O–H groups in total. The topological polar surface area (TPSA) is 62.0 Å². The Morgan fingerprint density at radius 2 is 2.33 bits per heavy atom. The van der Waals surface area contributed by atoms with Gasteiger partial charge in [-0.2, -0.15) is 0 Å². The van der Waals surface area contributed by atoms with Gasteiger partial charge in [-0.15, -0.1) is 0 Å². The van der Waals surface area contributed by atoms with Crippen molar-refractivity contribution >= 4 is 0 Å². The number of hydrogen-bond acceptors (Lipinski definition) is 2. The Morgan fingerprint density at radius 3 is 2.75 bits per heavy atom. The lowest BCUT2D eigenvalue weighted by molar-refractivity contribution is -0.0711. The second kappa shape index (κ2) is 3.20. The highest BCUT2D eigenvalue weighted by molar-refractivity contribution is 5.16. The molecule has 3 nitrogen and oxygen atoms in total. The highest BCUT2D eigenvalue weighted by Gasteiger charge is 2.37. The van der Waals surface area contributed by atoms with Gasteiger partial charge in [0.1, 0.15) is 6.61 Å². The summed E-state index contributed by atoms with van der Waals surface area (Å²) in [6, 6.07) is 0.00238. The van der Waals surface area contributed by atoms with Crippen molar-refractivity contribution in [2.75, 3.05) is 6.61 Å². The normalized spacial score (nSPS) is 14.7. The van der Waals surface area contributed by atoms with E-state index in [9.17, 15) is 8.78 Å². The van der Waals surface area contributed by atoms with E-state index in [1.165, 1.54) is 18.5 Å². The zero-order valence-electron chi connectivity index (χ0n) is 6.30. The van der Waals surface area contributed by atoms with E-state index in [-0.39, 0.29) is 5.56 Å². The van der Waals surface area contributed by atoms with Crippen LogP contribution in [0.1, 0.15) is 11.6 Å². The number of aromatic amines is 1. The second-order valence-electron chi connectivity index (χ2n) is 2.54. The van der Waals surface area contributed by atoms with Crippen LogP contribution in [0.2, 0.25) is 0 Å². The average molecular weight is 176 g/mol. The van der Waals surface area contributed by atoms with Crippen molar-refractivity contribution in [1.29, 1.82) is 0 Å². The molecule has 1 unspecified atom stereocenters. The van der Waals surface area contributed by atoms with Crippen molar-refractivity contribution in [3.05, 3.63) is 24.0 Å². The molecule has 0 amide bonds. The standard InChI is InChI=1S/C7H10F2N2O/c8-7(9,4-12)6(10)5-1-2-11-3-5/h1-3,6,11-12H,4,10H2. The Balaban J connectivity index is 2.78. The van der Waals surface area contributed by atoms with Crippen LogP contribution in [0.25, 0.3) is 0 Å². The van der Waals surface area contributed by atoms with Gasteiger partial charge >= 0.3 is 0 Å². The molecule has 0 bridgehead atoms. The van der Waals surface area contributed by atoms with Gasteiger partial charge in [0.2, 0.25) is 0 Å². The molecule has 0 aliphatic rings. The van der Waals surface area contributed by atoms with Crippen LogP contribution < -0.4 is 5.73 Å². The molecule has 1 aromatic heterocycles. The molecule has 12 heavy (non-hydrogen) atoms. The Hall–Kier alpha value is -0.940. The minimum Gasteiger partial charge on any atom is -0.390 e. The van der Waals surface area contributed by atoms with Crippen molar-refractivity contribution in [3.8, 4) is 0 Å². The van der Waals surface area contributed by atoms with Gasteiger partial charge in [0.25, 0.3) is 5.92 Å². The molecule has 1 atom stereocenters. The predicted octanol–water partition coefficient (Wildman–Crippen LogP) is 0.642. The minimum atomic E-state index is -3.26. The average Bonchev–Trinajstić information content (AvgIpc) is 2.55. The fraction of sp³-hybridized carbons (Fsp3) is 0.429. The molecule has 0 radical (unpaired) electrons. The monoisotopic (exact) mass is 176 g/mol. The summed E-state index contributed by atoms with van der Waals surface area (Å²) in [6.07, 6.45) is 2.89. The first-order valence-corrected chi connectivity index (χ1v) is 3.45. The number of halogens is 2. The minimum absolute atomic E-state index is 0.286. The molecule has 1 rings (SSSR count). The second-order valence-corrected chi connectivity index (χ2v) is 2.54. The number of aliphatic hydroxyl groups is 1. The maximum Gasteiger partial charge on any atom is 0.289 e. The molecule has 1 heterocycles. The number of alkyl halides is 2. The molecular weight excluding hydrogens is 166 g/mol. The van der Waals surface area contributed by atoms with Crippen LogP contribution in [0.5, 0.6) is 0 Å². The molecule has 1 aromatic rings. The van der Waals surface area contributed by atoms with Gasteiger partial charge < -0.3 is 15.8 Å². The third-order valence-electron chi connectivity index (χ3n) is 1.65. The number of aliphatic hydroxyl groups excluding tert-OH is 1. The van der Waals surface area contributed by atoms with Crippen LogP contribution in [0.4, 0.5) is 8.78 Å². The van der Waals surface area contributed by atoms with E-state index in [0.717, 1.165) is 0 Å². The summed E-state index contributed by atoms with van der Waals surface area (Å²) in [7, 11) is 0. The van der Waals surface area contributed by atoms with E-state index in [1.807, 2.05) is 0 Å². The summed E-state index contributed by atoms with van der Waals surface area (Å²) < 4.78 is 25.4. The quantitative estimate of drug-likeness (QED) is 0.633. The summed E-state index contributed by atoms with van der Waals surface area (Å²) in [5, 5.41) is 8.32. The van der Waals surface area contributed by atoms with Crippen molar-refractivity contribution < 1.29 is 13.9 Å². The predicted molar refractivity (Wildman–Crippen MR) is 39.8 cm³/mol. The summed E-state index contributed by atoms with van der Waals surface area (Å²) in [5.41, 5.74) is 5.48. The maximum absolute atomic E-state index is 12.7. The van der Waals surface area contributed by atoms with Crippen molar-refractivity contribution in [2.24, 2.45) is 5.73 Å². The number of aromatic nitrogens is 1.